The SMILES string of the molecule is CNc1nc(-c2cc(OC)cc(OC)c2)nc(C)c1C. The van der Waals surface area contributed by atoms with Crippen molar-refractivity contribution in [2.75, 3.05) is 26.6 Å². The van der Waals surface area contributed by atoms with Crippen LogP contribution in [0.4, 0.5) is 5.82 Å². The van der Waals surface area contributed by atoms with Crippen LogP contribution in [0.25, 0.3) is 11.4 Å². The zero-order valence-electron chi connectivity index (χ0n) is 12.4. The third-order valence-corrected chi connectivity index (χ3v) is 3.24. The van der Waals surface area contributed by atoms with Gasteiger partial charge in [-0.25, -0.2) is 9.97 Å². The highest BCUT2D eigenvalue weighted by Gasteiger charge is 2.11. The van der Waals surface area contributed by atoms with E-state index < -0.39 is 0 Å². The second-order valence-corrected chi connectivity index (χ2v) is 4.46. The number of ether oxygens (including phenoxy) is 2. The van der Waals surface area contributed by atoms with Crippen LogP contribution in [0, 0.1) is 13.8 Å². The smallest absolute Gasteiger partial charge is 0.162 e. The van der Waals surface area contributed by atoms with Crippen LogP contribution in [0.1, 0.15) is 11.3 Å². The molecule has 0 aliphatic rings. The largest absolute Gasteiger partial charge is 0.497 e. The number of hydrogen-bond donors (Lipinski definition) is 1. The number of hydrogen-bond acceptors (Lipinski definition) is 5. The summed E-state index contributed by atoms with van der Waals surface area (Å²) < 4.78 is 10.6. The van der Waals surface area contributed by atoms with Crippen LogP contribution in [0.5, 0.6) is 11.5 Å². The fourth-order valence-electron chi connectivity index (χ4n) is 1.94. The zero-order chi connectivity index (χ0) is 14.7. The number of nitrogens with zero attached hydrogens (tertiary/aromatic N) is 2. The van der Waals surface area contributed by atoms with Gasteiger partial charge in [-0.15, -0.1) is 0 Å². The Balaban J connectivity index is 2.58. The average molecular weight is 273 g/mol. The van der Waals surface area contributed by atoms with E-state index in [1.807, 2.05) is 39.1 Å². The minimum Gasteiger partial charge on any atom is -0.497 e. The molecule has 0 saturated heterocycles. The predicted octanol–water partition coefficient (Wildman–Crippen LogP) is 2.82. The number of anilines is 1. The number of methoxy groups -OCH3 is 2. The average Bonchev–Trinajstić information content (AvgIpc) is 2.49. The van der Waals surface area contributed by atoms with Gasteiger partial charge in [-0.2, -0.15) is 0 Å². The Morgan fingerprint density at radius 1 is 0.950 bits per heavy atom. The van der Waals surface area contributed by atoms with Gasteiger partial charge in [-0.05, 0) is 26.0 Å². The summed E-state index contributed by atoms with van der Waals surface area (Å²) in [7, 11) is 5.10. The van der Waals surface area contributed by atoms with Crippen molar-refractivity contribution < 1.29 is 9.47 Å². The van der Waals surface area contributed by atoms with Crippen LogP contribution in [0.3, 0.4) is 0 Å². The van der Waals surface area contributed by atoms with Crippen LogP contribution < -0.4 is 14.8 Å². The van der Waals surface area contributed by atoms with Crippen LogP contribution in [0.15, 0.2) is 18.2 Å². The van der Waals surface area contributed by atoms with Crippen molar-refractivity contribution in [2.24, 2.45) is 0 Å². The lowest BCUT2D eigenvalue weighted by Crippen LogP contribution is -2.03. The molecule has 1 N–H and O–H groups in total. The number of aryl methyl sites for hydroxylation is 1. The van der Waals surface area contributed by atoms with E-state index in [-0.39, 0.29) is 0 Å². The molecular formula is C15H19N3O2. The van der Waals surface area contributed by atoms with E-state index in [4.69, 9.17) is 9.47 Å². The molecule has 1 aromatic carbocycles. The first-order valence-corrected chi connectivity index (χ1v) is 6.35. The first-order chi connectivity index (χ1) is 9.58. The molecule has 2 rings (SSSR count). The van der Waals surface area contributed by atoms with Crippen molar-refractivity contribution in [2.45, 2.75) is 13.8 Å². The van der Waals surface area contributed by atoms with Gasteiger partial charge >= 0.3 is 0 Å². The lowest BCUT2D eigenvalue weighted by Gasteiger charge is -2.11. The molecule has 0 unspecified atom stereocenters. The van der Waals surface area contributed by atoms with Crippen LogP contribution in [-0.2, 0) is 0 Å². The number of aromatic nitrogens is 2. The lowest BCUT2D eigenvalue weighted by molar-refractivity contribution is 0.394. The Hall–Kier alpha value is -2.30. The zero-order valence-corrected chi connectivity index (χ0v) is 12.4. The van der Waals surface area contributed by atoms with Gasteiger partial charge in [-0.3, -0.25) is 0 Å². The number of rotatable bonds is 4. The van der Waals surface area contributed by atoms with Crippen molar-refractivity contribution in [1.82, 2.24) is 9.97 Å². The molecule has 2 aromatic rings. The summed E-state index contributed by atoms with van der Waals surface area (Å²) in [6, 6.07) is 5.61. The minimum atomic E-state index is 0.648. The summed E-state index contributed by atoms with van der Waals surface area (Å²) in [4.78, 5) is 9.08. The first kappa shape index (κ1) is 14.1. The molecule has 1 heterocycles. The van der Waals surface area contributed by atoms with E-state index in [1.165, 1.54) is 0 Å². The van der Waals surface area contributed by atoms with E-state index >= 15 is 0 Å². The molecule has 0 bridgehead atoms. The predicted molar refractivity (Wildman–Crippen MR) is 79.6 cm³/mol. The van der Waals surface area contributed by atoms with Crippen LogP contribution in [-0.4, -0.2) is 31.2 Å². The molecule has 0 fully saturated rings. The molecule has 0 radical (unpaired) electrons. The van der Waals surface area contributed by atoms with Gasteiger partial charge in [0, 0.05) is 29.9 Å². The van der Waals surface area contributed by atoms with E-state index in [0.717, 1.165) is 22.6 Å². The molecule has 106 valence electrons. The van der Waals surface area contributed by atoms with E-state index in [2.05, 4.69) is 15.3 Å². The Kier molecular flexibility index (Phi) is 4.08. The first-order valence-electron chi connectivity index (χ1n) is 6.35. The second kappa shape index (κ2) is 5.77. The Bertz CT molecular complexity index is 605. The maximum atomic E-state index is 5.28. The summed E-state index contributed by atoms with van der Waals surface area (Å²) in [5, 5.41) is 3.09. The molecule has 5 heteroatoms. The van der Waals surface area contributed by atoms with Crippen molar-refractivity contribution in [3.8, 4) is 22.9 Å². The van der Waals surface area contributed by atoms with Gasteiger partial charge in [0.2, 0.25) is 0 Å². The molecule has 0 aliphatic carbocycles. The van der Waals surface area contributed by atoms with Gasteiger partial charge in [0.15, 0.2) is 5.82 Å². The third kappa shape index (κ3) is 2.66. The van der Waals surface area contributed by atoms with Crippen LogP contribution >= 0.6 is 0 Å². The van der Waals surface area contributed by atoms with Gasteiger partial charge in [0.25, 0.3) is 0 Å². The van der Waals surface area contributed by atoms with Crippen molar-refractivity contribution in [1.29, 1.82) is 0 Å². The van der Waals surface area contributed by atoms with Crippen molar-refractivity contribution in [3.63, 3.8) is 0 Å². The molecule has 20 heavy (non-hydrogen) atoms. The maximum Gasteiger partial charge on any atom is 0.162 e. The highest BCUT2D eigenvalue weighted by atomic mass is 16.5. The second-order valence-electron chi connectivity index (χ2n) is 4.46. The quantitative estimate of drug-likeness (QED) is 0.928. The molecule has 0 aliphatic heterocycles. The fourth-order valence-corrected chi connectivity index (χ4v) is 1.94. The van der Waals surface area contributed by atoms with E-state index in [0.29, 0.717) is 17.3 Å². The standard InChI is InChI=1S/C15H19N3O2/c1-9-10(2)17-15(18-14(9)16-3)11-6-12(19-4)8-13(7-11)20-5/h6-8H,1-5H3,(H,16,17,18). The third-order valence-electron chi connectivity index (χ3n) is 3.24. The normalized spacial score (nSPS) is 10.2. The van der Waals surface area contributed by atoms with Gasteiger partial charge < -0.3 is 14.8 Å². The number of benzene rings is 1. The van der Waals surface area contributed by atoms with E-state index in [1.54, 1.807) is 14.2 Å². The topological polar surface area (TPSA) is 56.3 Å². The lowest BCUT2D eigenvalue weighted by atomic mass is 10.1. The number of nitrogens with one attached hydrogen (secondary N) is 1. The highest BCUT2D eigenvalue weighted by Crippen LogP contribution is 2.29. The summed E-state index contributed by atoms with van der Waals surface area (Å²) in [5.41, 5.74) is 2.85. The van der Waals surface area contributed by atoms with Gasteiger partial charge in [-0.1, -0.05) is 0 Å². The Morgan fingerprint density at radius 2 is 1.55 bits per heavy atom. The summed E-state index contributed by atoms with van der Waals surface area (Å²) in [6.07, 6.45) is 0. The van der Waals surface area contributed by atoms with E-state index in [9.17, 15) is 0 Å². The summed E-state index contributed by atoms with van der Waals surface area (Å²) in [5.74, 6) is 2.91. The fraction of sp³-hybridized carbons (Fsp3) is 0.333. The molecule has 0 spiro atoms. The Morgan fingerprint density at radius 3 is 2.05 bits per heavy atom. The van der Waals surface area contributed by atoms with Gasteiger partial charge in [0.05, 0.1) is 14.2 Å². The maximum absolute atomic E-state index is 5.28. The summed E-state index contributed by atoms with van der Waals surface area (Å²) in [6.45, 7) is 3.97. The molecule has 0 atom stereocenters. The highest BCUT2D eigenvalue weighted by molar-refractivity contribution is 5.63. The molecular weight excluding hydrogens is 254 g/mol. The molecule has 0 saturated carbocycles. The molecule has 1 aromatic heterocycles. The van der Waals surface area contributed by atoms with Gasteiger partial charge in [0.1, 0.15) is 17.3 Å². The van der Waals surface area contributed by atoms with Crippen molar-refractivity contribution in [3.05, 3.63) is 29.5 Å². The molecule has 0 amide bonds. The monoisotopic (exact) mass is 273 g/mol. The summed E-state index contributed by atoms with van der Waals surface area (Å²) >= 11 is 0. The van der Waals surface area contributed by atoms with Crippen LogP contribution in [0.2, 0.25) is 0 Å². The molecule has 5 nitrogen and oxygen atoms in total. The van der Waals surface area contributed by atoms with Crippen molar-refractivity contribution >= 4 is 5.82 Å². The Labute approximate surface area is 119 Å². The minimum absolute atomic E-state index is 0.648.